The summed E-state index contributed by atoms with van der Waals surface area (Å²) in [6.07, 6.45) is 1.75. The Labute approximate surface area is 230 Å². The number of anilines is 1. The second kappa shape index (κ2) is 12.5. The molecule has 0 spiro atoms. The van der Waals surface area contributed by atoms with Crippen LogP contribution in [0.2, 0.25) is 0 Å². The summed E-state index contributed by atoms with van der Waals surface area (Å²) < 4.78 is 41.9. The van der Waals surface area contributed by atoms with Gasteiger partial charge in [0.15, 0.2) is 0 Å². The number of nitrogens with one attached hydrogen (secondary N) is 2. The van der Waals surface area contributed by atoms with Gasteiger partial charge in [0.05, 0.1) is 4.90 Å². The molecule has 1 fully saturated rings. The van der Waals surface area contributed by atoms with Crippen molar-refractivity contribution < 1.29 is 23.8 Å². The number of likely N-dealkylation sites (tertiary alicyclic amines) is 1. The fraction of sp³-hybridized carbons (Fsp3) is 0.310. The zero-order valence-electron chi connectivity index (χ0n) is 22.0. The summed E-state index contributed by atoms with van der Waals surface area (Å²) in [6.45, 7) is 1.67. The fourth-order valence-corrected chi connectivity index (χ4v) is 5.84. The summed E-state index contributed by atoms with van der Waals surface area (Å²) in [6, 6.07) is 19.4. The van der Waals surface area contributed by atoms with E-state index in [1.54, 1.807) is 0 Å². The molecule has 0 aliphatic carbocycles. The zero-order valence-corrected chi connectivity index (χ0v) is 22.8. The highest BCUT2D eigenvalue weighted by molar-refractivity contribution is 7.89. The van der Waals surface area contributed by atoms with E-state index in [-0.39, 0.29) is 24.3 Å². The van der Waals surface area contributed by atoms with E-state index in [9.17, 15) is 22.4 Å². The third kappa shape index (κ3) is 7.50. The first-order valence-electron chi connectivity index (χ1n) is 12.8. The van der Waals surface area contributed by atoms with Gasteiger partial charge in [-0.3, -0.25) is 9.59 Å². The first-order valence-corrected chi connectivity index (χ1v) is 14.3. The van der Waals surface area contributed by atoms with Crippen LogP contribution < -0.4 is 10.0 Å². The highest BCUT2D eigenvalue weighted by atomic mass is 32.2. The first-order chi connectivity index (χ1) is 18.6. The Balaban J connectivity index is 0.00000441. The largest absolute Gasteiger partial charge is 0.329 e. The molecule has 1 saturated heterocycles. The van der Waals surface area contributed by atoms with Crippen LogP contribution in [0.3, 0.4) is 0 Å². The van der Waals surface area contributed by atoms with Crippen LogP contribution in [0.4, 0.5) is 10.1 Å². The van der Waals surface area contributed by atoms with Gasteiger partial charge in [-0.25, -0.2) is 17.5 Å². The van der Waals surface area contributed by atoms with Gasteiger partial charge >= 0.3 is 0 Å². The van der Waals surface area contributed by atoms with Crippen molar-refractivity contribution in [2.45, 2.75) is 36.2 Å². The van der Waals surface area contributed by atoms with Gasteiger partial charge in [0.25, 0.3) is 5.91 Å². The number of nitrogens with zero attached hydrogens (tertiary/aromatic N) is 2. The second-order valence-electron chi connectivity index (χ2n) is 9.84. The van der Waals surface area contributed by atoms with Gasteiger partial charge in [0.1, 0.15) is 11.9 Å². The molecule has 4 rings (SSSR count). The smallest absolute Gasteiger partial charge is 0.254 e. The lowest BCUT2D eigenvalue weighted by atomic mass is 10.0. The topological polar surface area (TPSA) is 98.8 Å². The van der Waals surface area contributed by atoms with Gasteiger partial charge < -0.3 is 15.1 Å². The number of amides is 2. The normalized spacial score (nSPS) is 15.5. The number of piperidine rings is 1. The average molecular weight is 555 g/mol. The molecule has 0 bridgehead atoms. The van der Waals surface area contributed by atoms with Crippen LogP contribution in [0.15, 0.2) is 83.8 Å². The zero-order chi connectivity index (χ0) is 28.0. The van der Waals surface area contributed by atoms with Crippen LogP contribution in [-0.4, -0.2) is 69.3 Å². The molecule has 2 amide bonds. The van der Waals surface area contributed by atoms with Crippen LogP contribution in [-0.2, 0) is 21.2 Å². The number of sulfonamides is 1. The molecule has 10 heteroatoms. The summed E-state index contributed by atoms with van der Waals surface area (Å²) in [5, 5.41) is 2.81. The average Bonchev–Trinajstić information content (AvgIpc) is 2.93. The Bertz CT molecular complexity index is 1380. The minimum atomic E-state index is -3.70. The molecule has 3 aromatic carbocycles. The monoisotopic (exact) mass is 554 g/mol. The number of hydrogen-bond donors (Lipinski definition) is 2. The molecule has 208 valence electrons. The van der Waals surface area contributed by atoms with E-state index in [1.165, 1.54) is 60.5 Å². The van der Waals surface area contributed by atoms with E-state index in [4.69, 9.17) is 0 Å². The third-order valence-electron chi connectivity index (χ3n) is 6.93. The molecule has 39 heavy (non-hydrogen) atoms. The van der Waals surface area contributed by atoms with Gasteiger partial charge in [-0.2, -0.15) is 0 Å². The Morgan fingerprint density at radius 1 is 1.00 bits per heavy atom. The Morgan fingerprint density at radius 3 is 2.23 bits per heavy atom. The highest BCUT2D eigenvalue weighted by Gasteiger charge is 2.29. The number of rotatable bonds is 9. The SMILES string of the molecule is CN1CCC(NS(=O)(=O)c2ccc(NC(=O)[C@H](Cc3ccccc3)N(C)C(=O)c3ccc(F)cc3)cc2)CC1.[HH]. The van der Waals surface area contributed by atoms with Crippen molar-refractivity contribution in [3.05, 3.63) is 95.8 Å². The molecule has 8 nitrogen and oxygen atoms in total. The van der Waals surface area contributed by atoms with E-state index in [1.807, 2.05) is 37.4 Å². The molecule has 1 aliphatic heterocycles. The number of hydrogen-bond acceptors (Lipinski definition) is 5. The third-order valence-corrected chi connectivity index (χ3v) is 8.46. The summed E-state index contributed by atoms with van der Waals surface area (Å²) >= 11 is 0. The molecule has 1 heterocycles. The quantitative estimate of drug-likeness (QED) is 0.420. The van der Waals surface area contributed by atoms with Crippen molar-refractivity contribution in [2.24, 2.45) is 0 Å². The van der Waals surface area contributed by atoms with Crippen LogP contribution in [0.1, 0.15) is 30.2 Å². The molecule has 0 aromatic heterocycles. The molecule has 0 unspecified atom stereocenters. The summed E-state index contributed by atoms with van der Waals surface area (Å²) in [5.41, 5.74) is 1.52. The number of carbonyl (C=O) groups is 2. The molecule has 0 saturated carbocycles. The fourth-order valence-electron chi connectivity index (χ4n) is 4.54. The molecule has 1 atom stereocenters. The van der Waals surface area contributed by atoms with Gasteiger partial charge in [-0.05, 0) is 87.1 Å². The Hall–Kier alpha value is -3.60. The standard InChI is InChI=1S/C29H33FN4O4S.H2/c1-33-18-16-25(17-19-33)32-39(37,38)26-14-12-24(13-15-26)31-28(35)27(20-21-6-4-3-5-7-21)34(2)29(36)22-8-10-23(30)11-9-22;/h3-15,25,27,32H,16-20H2,1-2H3,(H,31,35);1H/t27-;/m0./s1. The van der Waals surface area contributed by atoms with E-state index >= 15 is 0 Å². The predicted octanol–water partition coefficient (Wildman–Crippen LogP) is 3.77. The van der Waals surface area contributed by atoms with Crippen molar-refractivity contribution in [2.75, 3.05) is 32.5 Å². The molecule has 3 aromatic rings. The second-order valence-corrected chi connectivity index (χ2v) is 11.6. The number of halogens is 1. The van der Waals surface area contributed by atoms with E-state index < -0.39 is 33.7 Å². The first kappa shape index (κ1) is 28.4. The minimum Gasteiger partial charge on any atom is -0.329 e. The maximum atomic E-state index is 13.4. The molecule has 1 aliphatic rings. The van der Waals surface area contributed by atoms with Crippen molar-refractivity contribution >= 4 is 27.5 Å². The highest BCUT2D eigenvalue weighted by Crippen LogP contribution is 2.19. The van der Waals surface area contributed by atoms with Crippen molar-refractivity contribution in [1.29, 1.82) is 0 Å². The van der Waals surface area contributed by atoms with Crippen molar-refractivity contribution in [1.82, 2.24) is 14.5 Å². The van der Waals surface area contributed by atoms with E-state index in [2.05, 4.69) is 14.9 Å². The summed E-state index contributed by atoms with van der Waals surface area (Å²) in [5.74, 6) is -1.32. The minimum absolute atomic E-state index is 0. The summed E-state index contributed by atoms with van der Waals surface area (Å²) in [7, 11) is -0.155. The number of carbonyl (C=O) groups excluding carboxylic acids is 2. The number of benzene rings is 3. The molecule has 2 N–H and O–H groups in total. The molecule has 0 radical (unpaired) electrons. The van der Waals surface area contributed by atoms with Crippen molar-refractivity contribution in [3.8, 4) is 0 Å². The van der Waals surface area contributed by atoms with Crippen LogP contribution in [0.5, 0.6) is 0 Å². The summed E-state index contributed by atoms with van der Waals surface area (Å²) in [4.78, 5) is 30.2. The van der Waals surface area contributed by atoms with Gasteiger partial charge in [-0.15, -0.1) is 0 Å². The molecular formula is C29H35FN4O4S. The maximum absolute atomic E-state index is 13.4. The lowest BCUT2D eigenvalue weighted by Crippen LogP contribution is -2.46. The van der Waals surface area contributed by atoms with Crippen LogP contribution in [0, 0.1) is 5.82 Å². The maximum Gasteiger partial charge on any atom is 0.254 e. The van der Waals surface area contributed by atoms with Gasteiger partial charge in [0, 0.05) is 32.2 Å². The van der Waals surface area contributed by atoms with Gasteiger partial charge in [-0.1, -0.05) is 30.3 Å². The Morgan fingerprint density at radius 2 is 1.62 bits per heavy atom. The lowest BCUT2D eigenvalue weighted by Gasteiger charge is -2.29. The van der Waals surface area contributed by atoms with E-state index in [0.29, 0.717) is 5.69 Å². The van der Waals surface area contributed by atoms with Crippen LogP contribution >= 0.6 is 0 Å². The molecular weight excluding hydrogens is 519 g/mol. The van der Waals surface area contributed by atoms with Crippen molar-refractivity contribution in [3.63, 3.8) is 0 Å². The van der Waals surface area contributed by atoms with Gasteiger partial charge in [0.2, 0.25) is 15.9 Å². The lowest BCUT2D eigenvalue weighted by molar-refractivity contribution is -0.120. The van der Waals surface area contributed by atoms with E-state index in [0.717, 1.165) is 31.5 Å². The van der Waals surface area contributed by atoms with Crippen LogP contribution in [0.25, 0.3) is 0 Å². The Kier molecular flexibility index (Phi) is 9.11. The number of likely N-dealkylation sites (N-methyl/N-ethyl adjacent to an activating group) is 1. The predicted molar refractivity (Wildman–Crippen MR) is 150 cm³/mol.